The molecule has 0 aliphatic rings. The third kappa shape index (κ3) is 5.02. The topological polar surface area (TPSA) is 50.7 Å². The number of ether oxygens (including phenoxy) is 1. The summed E-state index contributed by atoms with van der Waals surface area (Å²) in [6.45, 7) is 1.95. The largest absolute Gasteiger partial charge is 0.484 e. The van der Waals surface area contributed by atoms with Crippen LogP contribution < -0.4 is 10.2 Å². The molecule has 1 amide bonds. The normalized spacial score (nSPS) is 10.8. The van der Waals surface area contributed by atoms with Crippen LogP contribution >= 0.6 is 11.3 Å². The second-order valence-electron chi connectivity index (χ2n) is 5.42. The van der Waals surface area contributed by atoms with E-state index in [1.807, 2.05) is 61.5 Å². The zero-order valence-electron chi connectivity index (χ0n) is 13.8. The molecule has 0 aliphatic heterocycles. The molecule has 3 aromatic rings. The smallest absolute Gasteiger partial charge is 0.277 e. The Morgan fingerprint density at radius 3 is 2.44 bits per heavy atom. The minimum atomic E-state index is -0.295. The summed E-state index contributed by atoms with van der Waals surface area (Å²) in [5.41, 5.74) is 4.71. The predicted molar refractivity (Wildman–Crippen MR) is 102 cm³/mol. The molecule has 0 bridgehead atoms. The lowest BCUT2D eigenvalue weighted by Crippen LogP contribution is -2.24. The number of carbonyl (C=O) groups is 1. The van der Waals surface area contributed by atoms with Gasteiger partial charge in [0.25, 0.3) is 5.91 Å². The third-order valence-electron chi connectivity index (χ3n) is 3.47. The highest BCUT2D eigenvalue weighted by Crippen LogP contribution is 2.21. The van der Waals surface area contributed by atoms with Gasteiger partial charge in [-0.2, -0.15) is 5.10 Å². The number of amides is 1. The molecule has 1 N–H and O–H groups in total. The molecule has 0 atom stereocenters. The van der Waals surface area contributed by atoms with Crippen molar-refractivity contribution in [2.45, 2.75) is 6.92 Å². The van der Waals surface area contributed by atoms with Gasteiger partial charge in [-0.25, -0.2) is 5.43 Å². The van der Waals surface area contributed by atoms with Gasteiger partial charge in [-0.15, -0.1) is 11.3 Å². The van der Waals surface area contributed by atoms with E-state index in [2.05, 4.69) is 22.7 Å². The molecule has 1 heterocycles. The Hall–Kier alpha value is -2.92. The highest BCUT2D eigenvalue weighted by atomic mass is 32.1. The van der Waals surface area contributed by atoms with E-state index in [0.717, 1.165) is 16.0 Å². The highest BCUT2D eigenvalue weighted by molar-refractivity contribution is 7.13. The molecular weight excluding hydrogens is 332 g/mol. The molecule has 0 spiro atoms. The number of rotatable bonds is 6. The average molecular weight is 350 g/mol. The number of nitrogens with one attached hydrogen (secondary N) is 1. The monoisotopic (exact) mass is 350 g/mol. The maximum Gasteiger partial charge on any atom is 0.277 e. The number of hydrazone groups is 1. The van der Waals surface area contributed by atoms with Crippen molar-refractivity contribution in [2.24, 2.45) is 5.10 Å². The van der Waals surface area contributed by atoms with Gasteiger partial charge in [-0.3, -0.25) is 4.79 Å². The van der Waals surface area contributed by atoms with Crippen LogP contribution in [0.1, 0.15) is 9.75 Å². The molecule has 25 heavy (non-hydrogen) atoms. The first-order valence-electron chi connectivity index (χ1n) is 7.87. The van der Waals surface area contributed by atoms with Gasteiger partial charge in [0, 0.05) is 9.75 Å². The molecule has 3 rings (SSSR count). The Kier molecular flexibility index (Phi) is 5.59. The van der Waals surface area contributed by atoms with Crippen molar-refractivity contribution in [3.63, 3.8) is 0 Å². The van der Waals surface area contributed by atoms with E-state index in [0.29, 0.717) is 5.75 Å². The lowest BCUT2D eigenvalue weighted by atomic mass is 10.1. The van der Waals surface area contributed by atoms with Crippen molar-refractivity contribution in [1.29, 1.82) is 0 Å². The van der Waals surface area contributed by atoms with Gasteiger partial charge >= 0.3 is 0 Å². The Morgan fingerprint density at radius 1 is 1.04 bits per heavy atom. The minimum absolute atomic E-state index is 0.0779. The van der Waals surface area contributed by atoms with Crippen molar-refractivity contribution in [2.75, 3.05) is 6.61 Å². The van der Waals surface area contributed by atoms with Gasteiger partial charge in [0.05, 0.1) is 6.21 Å². The number of hydrogen-bond donors (Lipinski definition) is 1. The highest BCUT2D eigenvalue weighted by Gasteiger charge is 2.02. The van der Waals surface area contributed by atoms with Crippen molar-refractivity contribution in [3.8, 4) is 16.9 Å². The van der Waals surface area contributed by atoms with Crippen molar-refractivity contribution in [3.05, 3.63) is 76.5 Å². The average Bonchev–Trinajstić information content (AvgIpc) is 3.06. The van der Waals surface area contributed by atoms with Gasteiger partial charge in [0.15, 0.2) is 6.61 Å². The Balaban J connectivity index is 1.48. The summed E-state index contributed by atoms with van der Waals surface area (Å²) < 4.78 is 5.48. The van der Waals surface area contributed by atoms with Gasteiger partial charge in [-0.1, -0.05) is 42.5 Å². The van der Waals surface area contributed by atoms with Crippen molar-refractivity contribution >= 4 is 23.5 Å². The second-order valence-corrected chi connectivity index (χ2v) is 6.74. The van der Waals surface area contributed by atoms with Gasteiger partial charge in [0.2, 0.25) is 0 Å². The fourth-order valence-corrected chi connectivity index (χ4v) is 3.00. The lowest BCUT2D eigenvalue weighted by Gasteiger charge is -2.06. The number of aryl methyl sites for hydroxylation is 1. The van der Waals surface area contributed by atoms with Crippen LogP contribution in [0.2, 0.25) is 0 Å². The molecule has 4 nitrogen and oxygen atoms in total. The summed E-state index contributed by atoms with van der Waals surface area (Å²) in [6, 6.07) is 21.7. The van der Waals surface area contributed by atoms with Crippen LogP contribution in [0.5, 0.6) is 5.75 Å². The first-order valence-corrected chi connectivity index (χ1v) is 8.69. The number of nitrogens with zero attached hydrogens (tertiary/aromatic N) is 1. The summed E-state index contributed by atoms with van der Waals surface area (Å²) in [4.78, 5) is 14.0. The molecule has 126 valence electrons. The van der Waals surface area contributed by atoms with Crippen molar-refractivity contribution < 1.29 is 9.53 Å². The number of carbonyl (C=O) groups excluding carboxylic acids is 1. The van der Waals surface area contributed by atoms with E-state index in [1.54, 1.807) is 17.6 Å². The summed E-state index contributed by atoms with van der Waals surface area (Å²) in [5.74, 6) is 0.351. The SMILES string of the molecule is Cc1ccc(/C=N\NC(=O)COc2ccc(-c3ccccc3)cc2)s1. The van der Waals surface area contributed by atoms with Gasteiger partial charge in [0.1, 0.15) is 5.75 Å². The Bertz CT molecular complexity index is 855. The van der Waals surface area contributed by atoms with Crippen LogP contribution in [0.25, 0.3) is 11.1 Å². The molecule has 2 aromatic carbocycles. The molecule has 0 unspecified atom stereocenters. The fourth-order valence-electron chi connectivity index (χ4n) is 2.25. The van der Waals surface area contributed by atoms with E-state index in [-0.39, 0.29) is 12.5 Å². The second kappa shape index (κ2) is 8.26. The predicted octanol–water partition coefficient (Wildman–Crippen LogP) is 4.25. The quantitative estimate of drug-likeness (QED) is 0.534. The fraction of sp³-hybridized carbons (Fsp3) is 0.100. The Morgan fingerprint density at radius 2 is 1.76 bits per heavy atom. The summed E-state index contributed by atoms with van der Waals surface area (Å²) in [5, 5.41) is 3.93. The van der Waals surface area contributed by atoms with Gasteiger partial charge < -0.3 is 4.74 Å². The zero-order chi connectivity index (χ0) is 17.5. The third-order valence-corrected chi connectivity index (χ3v) is 4.41. The van der Waals surface area contributed by atoms with E-state index in [1.165, 1.54) is 4.88 Å². The van der Waals surface area contributed by atoms with E-state index in [9.17, 15) is 4.79 Å². The molecule has 0 fully saturated rings. The van der Waals surface area contributed by atoms with Crippen LogP contribution in [0.3, 0.4) is 0 Å². The molecule has 0 saturated carbocycles. The van der Waals surface area contributed by atoms with Gasteiger partial charge in [-0.05, 0) is 42.3 Å². The van der Waals surface area contributed by atoms with Crippen molar-refractivity contribution in [1.82, 2.24) is 5.43 Å². The molecule has 0 saturated heterocycles. The zero-order valence-corrected chi connectivity index (χ0v) is 14.6. The molecule has 1 aromatic heterocycles. The summed E-state index contributed by atoms with van der Waals surface area (Å²) >= 11 is 1.62. The van der Waals surface area contributed by atoms with Crippen LogP contribution in [0.15, 0.2) is 71.8 Å². The van der Waals surface area contributed by atoms with Crippen LogP contribution in [0.4, 0.5) is 0 Å². The number of hydrogen-bond acceptors (Lipinski definition) is 4. The van der Waals surface area contributed by atoms with E-state index < -0.39 is 0 Å². The first kappa shape index (κ1) is 16.9. The number of thiophene rings is 1. The first-order chi connectivity index (χ1) is 12.2. The van der Waals surface area contributed by atoms with E-state index in [4.69, 9.17) is 4.74 Å². The maximum atomic E-state index is 11.8. The van der Waals surface area contributed by atoms with Crippen LogP contribution in [0, 0.1) is 6.92 Å². The Labute approximate surface area is 150 Å². The molecule has 5 heteroatoms. The maximum absolute atomic E-state index is 11.8. The standard InChI is InChI=1S/C20H18N2O2S/c1-15-7-12-19(25-15)13-21-22-20(23)14-24-18-10-8-17(9-11-18)16-5-3-2-4-6-16/h2-13H,14H2,1H3,(H,22,23)/b21-13-. The number of benzene rings is 2. The van der Waals surface area contributed by atoms with Crippen LogP contribution in [-0.2, 0) is 4.79 Å². The van der Waals surface area contributed by atoms with Crippen LogP contribution in [-0.4, -0.2) is 18.7 Å². The summed E-state index contributed by atoms with van der Waals surface area (Å²) in [7, 11) is 0. The van der Waals surface area contributed by atoms with E-state index >= 15 is 0 Å². The summed E-state index contributed by atoms with van der Waals surface area (Å²) in [6.07, 6.45) is 1.63. The molecule has 0 aliphatic carbocycles. The lowest BCUT2D eigenvalue weighted by molar-refractivity contribution is -0.123. The molecule has 0 radical (unpaired) electrons. The minimum Gasteiger partial charge on any atom is -0.484 e. The molecular formula is C20H18N2O2S.